The summed E-state index contributed by atoms with van der Waals surface area (Å²) in [6.07, 6.45) is 1.48. The molecule has 0 spiro atoms. The highest BCUT2D eigenvalue weighted by Gasteiger charge is 2.29. The third-order valence-electron chi connectivity index (χ3n) is 7.29. The third-order valence-corrected chi connectivity index (χ3v) is 7.29. The number of pyridine rings is 1. The highest BCUT2D eigenvalue weighted by Crippen LogP contribution is 2.35. The van der Waals surface area contributed by atoms with E-state index < -0.39 is 11.9 Å². The van der Waals surface area contributed by atoms with E-state index in [1.54, 1.807) is 12.1 Å². The number of amides is 2. The molecule has 1 aliphatic heterocycles. The number of fused-ring (bicyclic) bond motifs is 1. The Kier molecular flexibility index (Phi) is 7.63. The minimum Gasteiger partial charge on any atom is -0.394 e. The number of nitrogens with zero attached hydrogens (tertiary/aromatic N) is 4. The number of hydrogen-bond donors (Lipinski definition) is 3. The Bertz CT molecular complexity index is 1470. The predicted molar refractivity (Wildman–Crippen MR) is 151 cm³/mol. The van der Waals surface area contributed by atoms with E-state index in [1.807, 2.05) is 49.2 Å². The zero-order valence-electron chi connectivity index (χ0n) is 22.2. The molecule has 0 saturated carbocycles. The quantitative estimate of drug-likeness (QED) is 0.341. The van der Waals surface area contributed by atoms with Crippen LogP contribution in [0.3, 0.4) is 0 Å². The maximum atomic E-state index is 14.0. The normalized spacial score (nSPS) is 13.8. The first-order chi connectivity index (χ1) is 18.9. The molecule has 4 aromatic rings. The molecule has 3 N–H and O–H groups in total. The molecule has 1 fully saturated rings. The number of aliphatic hydroxyl groups is 2. The van der Waals surface area contributed by atoms with Gasteiger partial charge >= 0.3 is 0 Å². The monoisotopic (exact) mass is 527 g/mol. The van der Waals surface area contributed by atoms with Crippen LogP contribution in [0.1, 0.15) is 26.3 Å². The molecule has 0 aliphatic carbocycles. The molecule has 9 nitrogen and oxygen atoms in total. The lowest BCUT2D eigenvalue weighted by Gasteiger charge is -2.35. The van der Waals surface area contributed by atoms with Gasteiger partial charge < -0.3 is 29.9 Å². The number of carbonyl (C=O) groups is 2. The number of carbonyl (C=O) groups excluding carboxylic acids is 2. The Morgan fingerprint density at radius 3 is 2.33 bits per heavy atom. The number of hydrogen-bond acceptors (Lipinski definition) is 6. The molecule has 2 amide bonds. The van der Waals surface area contributed by atoms with Crippen LogP contribution >= 0.6 is 0 Å². The predicted octanol–water partition coefficient (Wildman–Crippen LogP) is 2.59. The summed E-state index contributed by atoms with van der Waals surface area (Å²) < 4.78 is 2.11. The molecule has 0 unspecified atom stereocenters. The molecule has 39 heavy (non-hydrogen) atoms. The first-order valence-corrected chi connectivity index (χ1v) is 13.1. The van der Waals surface area contributed by atoms with E-state index in [0.717, 1.165) is 39.1 Å². The first kappa shape index (κ1) is 26.4. The zero-order chi connectivity index (χ0) is 27.5. The molecule has 0 bridgehead atoms. The molecule has 5 rings (SSSR count). The summed E-state index contributed by atoms with van der Waals surface area (Å²) in [5.74, 6) is 0.342. The van der Waals surface area contributed by atoms with Crippen LogP contribution in [0.2, 0.25) is 0 Å². The average molecular weight is 528 g/mol. The van der Waals surface area contributed by atoms with Crippen molar-refractivity contribution >= 4 is 28.5 Å². The van der Waals surface area contributed by atoms with Gasteiger partial charge in [0.05, 0.1) is 36.1 Å². The van der Waals surface area contributed by atoms with Gasteiger partial charge in [0.25, 0.3) is 11.8 Å². The first-order valence-electron chi connectivity index (χ1n) is 13.1. The van der Waals surface area contributed by atoms with Crippen LogP contribution in [-0.2, 0) is 7.05 Å². The molecule has 202 valence electrons. The summed E-state index contributed by atoms with van der Waals surface area (Å²) >= 11 is 0. The minimum absolute atomic E-state index is 0.0204. The van der Waals surface area contributed by atoms with Crippen LogP contribution in [0.25, 0.3) is 22.2 Å². The fraction of sp³-hybridized carbons (Fsp3) is 0.300. The highest BCUT2D eigenvalue weighted by atomic mass is 16.3. The zero-order valence-corrected chi connectivity index (χ0v) is 22.2. The summed E-state index contributed by atoms with van der Waals surface area (Å²) in [7, 11) is 2.01. The standard InChI is InChI=1S/C30H33N5O4/c1-20-8-10-25-24(16-20)27(28(33(25)2)21-6-4-3-5-7-21)30(39)35-14-12-34(13-15-35)26-11-9-22(17-31-26)29(38)32-23(18-36)19-37/h3-11,16-17,23,36-37H,12-15,18-19H2,1-2H3,(H,32,38). The van der Waals surface area contributed by atoms with Crippen molar-refractivity contribution < 1.29 is 19.8 Å². The van der Waals surface area contributed by atoms with Crippen LogP contribution in [0.5, 0.6) is 0 Å². The van der Waals surface area contributed by atoms with Crippen LogP contribution in [0.15, 0.2) is 66.9 Å². The molecule has 2 aromatic heterocycles. The third kappa shape index (κ3) is 5.23. The van der Waals surface area contributed by atoms with Crippen molar-refractivity contribution in [3.8, 4) is 11.3 Å². The number of aromatic nitrogens is 2. The molecule has 1 saturated heterocycles. The van der Waals surface area contributed by atoms with Gasteiger partial charge in [0.2, 0.25) is 0 Å². The second kappa shape index (κ2) is 11.3. The second-order valence-electron chi connectivity index (χ2n) is 9.89. The summed E-state index contributed by atoms with van der Waals surface area (Å²) in [5.41, 5.74) is 5.14. The van der Waals surface area contributed by atoms with Gasteiger partial charge in [-0.05, 0) is 36.8 Å². The van der Waals surface area contributed by atoms with Crippen molar-refractivity contribution in [1.29, 1.82) is 0 Å². The number of aryl methyl sites for hydroxylation is 2. The fourth-order valence-corrected chi connectivity index (χ4v) is 5.13. The number of anilines is 1. The van der Waals surface area contributed by atoms with Crippen molar-refractivity contribution in [2.24, 2.45) is 7.05 Å². The SMILES string of the molecule is Cc1ccc2c(c1)c(C(=O)N1CCN(c3ccc(C(=O)NC(CO)CO)cn3)CC1)c(-c1ccccc1)n2C. The van der Waals surface area contributed by atoms with Crippen molar-refractivity contribution in [3.63, 3.8) is 0 Å². The maximum absolute atomic E-state index is 14.0. The van der Waals surface area contributed by atoms with Crippen molar-refractivity contribution in [1.82, 2.24) is 19.8 Å². The Balaban J connectivity index is 1.34. The Hall–Kier alpha value is -4.21. The number of aliphatic hydroxyl groups excluding tert-OH is 2. The highest BCUT2D eigenvalue weighted by molar-refractivity contribution is 6.13. The fourth-order valence-electron chi connectivity index (χ4n) is 5.13. The lowest BCUT2D eigenvalue weighted by molar-refractivity contribution is 0.0748. The second-order valence-corrected chi connectivity index (χ2v) is 9.89. The molecule has 0 atom stereocenters. The lowest BCUT2D eigenvalue weighted by Crippen LogP contribution is -2.49. The van der Waals surface area contributed by atoms with Gasteiger partial charge in [-0.3, -0.25) is 9.59 Å². The summed E-state index contributed by atoms with van der Waals surface area (Å²) in [5, 5.41) is 21.9. The Morgan fingerprint density at radius 1 is 0.974 bits per heavy atom. The van der Waals surface area contributed by atoms with Crippen molar-refractivity contribution in [3.05, 3.63) is 83.6 Å². The number of piperazine rings is 1. The van der Waals surface area contributed by atoms with Crippen LogP contribution in [0, 0.1) is 6.92 Å². The number of rotatable bonds is 7. The smallest absolute Gasteiger partial charge is 0.256 e. The van der Waals surface area contributed by atoms with E-state index in [0.29, 0.717) is 31.7 Å². The number of benzene rings is 2. The van der Waals surface area contributed by atoms with Gasteiger partial charge in [-0.1, -0.05) is 42.0 Å². The minimum atomic E-state index is -0.712. The molecule has 9 heteroatoms. The average Bonchev–Trinajstić information content (AvgIpc) is 3.27. The van der Waals surface area contributed by atoms with Crippen LogP contribution in [0.4, 0.5) is 5.82 Å². The molecular weight excluding hydrogens is 494 g/mol. The van der Waals surface area contributed by atoms with E-state index >= 15 is 0 Å². The van der Waals surface area contributed by atoms with Gasteiger partial charge in [0.15, 0.2) is 0 Å². The van der Waals surface area contributed by atoms with E-state index in [-0.39, 0.29) is 19.1 Å². The van der Waals surface area contributed by atoms with E-state index in [9.17, 15) is 19.8 Å². The molecular formula is C30H33N5O4. The van der Waals surface area contributed by atoms with Crippen molar-refractivity contribution in [2.45, 2.75) is 13.0 Å². The van der Waals surface area contributed by atoms with E-state index in [1.165, 1.54) is 6.20 Å². The van der Waals surface area contributed by atoms with Gasteiger partial charge in [-0.15, -0.1) is 0 Å². The van der Waals surface area contributed by atoms with Crippen LogP contribution in [-0.4, -0.2) is 81.9 Å². The molecule has 0 radical (unpaired) electrons. The van der Waals surface area contributed by atoms with Gasteiger partial charge in [-0.25, -0.2) is 4.98 Å². The largest absolute Gasteiger partial charge is 0.394 e. The summed E-state index contributed by atoms with van der Waals surface area (Å²) in [6.45, 7) is 3.69. The van der Waals surface area contributed by atoms with E-state index in [4.69, 9.17) is 0 Å². The van der Waals surface area contributed by atoms with Gasteiger partial charge in [0.1, 0.15) is 5.82 Å². The number of nitrogens with one attached hydrogen (secondary N) is 1. The van der Waals surface area contributed by atoms with Gasteiger partial charge in [-0.2, -0.15) is 0 Å². The summed E-state index contributed by atoms with van der Waals surface area (Å²) in [6, 6.07) is 19.0. The van der Waals surface area contributed by atoms with Crippen molar-refractivity contribution in [2.75, 3.05) is 44.3 Å². The summed E-state index contributed by atoms with van der Waals surface area (Å²) in [4.78, 5) is 34.8. The van der Waals surface area contributed by atoms with E-state index in [2.05, 4.69) is 38.0 Å². The topological polar surface area (TPSA) is 111 Å². The molecule has 2 aromatic carbocycles. The van der Waals surface area contributed by atoms with Crippen LogP contribution < -0.4 is 10.2 Å². The van der Waals surface area contributed by atoms with Gasteiger partial charge in [0, 0.05) is 50.3 Å². The lowest BCUT2D eigenvalue weighted by atomic mass is 10.0. The Labute approximate surface area is 227 Å². The molecule has 3 heterocycles. The molecule has 1 aliphatic rings. The maximum Gasteiger partial charge on any atom is 0.256 e. The Morgan fingerprint density at radius 2 is 1.69 bits per heavy atom.